The Bertz CT molecular complexity index is 767. The quantitative estimate of drug-likeness (QED) is 0.449. The SMILES string of the molecule is CN=C(NCCNC(=O)c1cccnc1)N(C)Cc1ccc(Cl)c(Cl)c1. The van der Waals surface area contributed by atoms with Gasteiger partial charge in [-0.25, -0.2) is 0 Å². The molecule has 0 atom stereocenters. The van der Waals surface area contributed by atoms with Crippen LogP contribution in [0, 0.1) is 0 Å². The van der Waals surface area contributed by atoms with Crippen molar-refractivity contribution in [2.75, 3.05) is 27.2 Å². The molecule has 1 amide bonds. The van der Waals surface area contributed by atoms with Crippen LogP contribution in [0.3, 0.4) is 0 Å². The lowest BCUT2D eigenvalue weighted by Crippen LogP contribution is -2.42. The predicted molar refractivity (Wildman–Crippen MR) is 106 cm³/mol. The fraction of sp³-hybridized carbons (Fsp3) is 0.278. The average Bonchev–Trinajstić information content (AvgIpc) is 2.65. The highest BCUT2D eigenvalue weighted by Gasteiger charge is 2.08. The first-order valence-electron chi connectivity index (χ1n) is 8.05. The van der Waals surface area contributed by atoms with Gasteiger partial charge >= 0.3 is 0 Å². The summed E-state index contributed by atoms with van der Waals surface area (Å²) in [6.07, 6.45) is 3.17. The number of aliphatic imine (C=N–C) groups is 1. The van der Waals surface area contributed by atoms with Crippen molar-refractivity contribution in [1.29, 1.82) is 0 Å². The van der Waals surface area contributed by atoms with Crippen molar-refractivity contribution in [3.8, 4) is 0 Å². The van der Waals surface area contributed by atoms with E-state index in [1.54, 1.807) is 31.4 Å². The minimum Gasteiger partial charge on any atom is -0.354 e. The van der Waals surface area contributed by atoms with Crippen LogP contribution in [0.4, 0.5) is 0 Å². The molecular weight excluding hydrogens is 373 g/mol. The number of nitrogens with zero attached hydrogens (tertiary/aromatic N) is 3. The number of rotatable bonds is 6. The third kappa shape index (κ3) is 5.89. The van der Waals surface area contributed by atoms with Gasteiger partial charge in [-0.3, -0.25) is 14.8 Å². The van der Waals surface area contributed by atoms with Gasteiger partial charge in [0, 0.05) is 46.1 Å². The molecule has 0 saturated carbocycles. The Kier molecular flexibility index (Phi) is 7.69. The predicted octanol–water partition coefficient (Wildman–Crippen LogP) is 2.83. The smallest absolute Gasteiger partial charge is 0.252 e. The van der Waals surface area contributed by atoms with Gasteiger partial charge in [0.2, 0.25) is 0 Å². The molecule has 2 aromatic rings. The molecule has 8 heteroatoms. The fourth-order valence-electron chi connectivity index (χ4n) is 2.32. The molecule has 0 bridgehead atoms. The van der Waals surface area contributed by atoms with Crippen molar-refractivity contribution in [2.45, 2.75) is 6.54 Å². The van der Waals surface area contributed by atoms with E-state index in [2.05, 4.69) is 20.6 Å². The van der Waals surface area contributed by atoms with E-state index < -0.39 is 0 Å². The number of nitrogens with one attached hydrogen (secondary N) is 2. The van der Waals surface area contributed by atoms with Crippen LogP contribution < -0.4 is 10.6 Å². The summed E-state index contributed by atoms with van der Waals surface area (Å²) in [4.78, 5) is 22.1. The van der Waals surface area contributed by atoms with E-state index in [0.29, 0.717) is 41.2 Å². The maximum absolute atomic E-state index is 12.0. The summed E-state index contributed by atoms with van der Waals surface area (Å²) < 4.78 is 0. The maximum atomic E-state index is 12.0. The first kappa shape index (κ1) is 20.0. The number of aromatic nitrogens is 1. The average molecular weight is 394 g/mol. The van der Waals surface area contributed by atoms with E-state index in [-0.39, 0.29) is 5.91 Å². The number of amides is 1. The molecule has 2 rings (SSSR count). The Hall–Kier alpha value is -2.31. The molecule has 26 heavy (non-hydrogen) atoms. The Morgan fingerprint density at radius 1 is 1.19 bits per heavy atom. The molecule has 0 saturated heterocycles. The zero-order chi connectivity index (χ0) is 18.9. The topological polar surface area (TPSA) is 69.6 Å². The highest BCUT2D eigenvalue weighted by Crippen LogP contribution is 2.23. The van der Waals surface area contributed by atoms with Crippen LogP contribution in [0.5, 0.6) is 0 Å². The zero-order valence-corrected chi connectivity index (χ0v) is 16.2. The Balaban J connectivity index is 1.79. The van der Waals surface area contributed by atoms with Gasteiger partial charge in [-0.1, -0.05) is 29.3 Å². The standard InChI is InChI=1S/C18H21Cl2N5O/c1-21-18(25(2)12-13-5-6-15(19)16(20)10-13)24-9-8-23-17(26)14-4-3-7-22-11-14/h3-7,10-11H,8-9,12H2,1-2H3,(H,21,24)(H,23,26). The molecule has 0 spiro atoms. The minimum absolute atomic E-state index is 0.154. The Morgan fingerprint density at radius 3 is 2.62 bits per heavy atom. The van der Waals surface area contributed by atoms with Crippen LogP contribution in [0.2, 0.25) is 10.0 Å². The second kappa shape index (κ2) is 9.99. The summed E-state index contributed by atoms with van der Waals surface area (Å²) in [5.74, 6) is 0.561. The van der Waals surface area contributed by atoms with Crippen molar-refractivity contribution in [3.05, 3.63) is 63.9 Å². The van der Waals surface area contributed by atoms with Gasteiger partial charge in [0.25, 0.3) is 5.91 Å². The normalized spacial score (nSPS) is 11.2. The third-order valence-corrected chi connectivity index (χ3v) is 4.33. The van der Waals surface area contributed by atoms with Gasteiger partial charge in [0.05, 0.1) is 15.6 Å². The number of hydrogen-bond donors (Lipinski definition) is 2. The number of guanidine groups is 1. The molecule has 2 N–H and O–H groups in total. The Morgan fingerprint density at radius 2 is 1.96 bits per heavy atom. The monoisotopic (exact) mass is 393 g/mol. The first-order valence-corrected chi connectivity index (χ1v) is 8.80. The van der Waals surface area contributed by atoms with Crippen LogP contribution in [0.25, 0.3) is 0 Å². The number of carbonyl (C=O) groups is 1. The van der Waals surface area contributed by atoms with Crippen LogP contribution in [-0.4, -0.2) is 48.9 Å². The number of carbonyl (C=O) groups excluding carboxylic acids is 1. The minimum atomic E-state index is -0.154. The summed E-state index contributed by atoms with van der Waals surface area (Å²) in [6, 6.07) is 8.98. The van der Waals surface area contributed by atoms with Gasteiger partial charge in [-0.15, -0.1) is 0 Å². The van der Waals surface area contributed by atoms with E-state index in [4.69, 9.17) is 23.2 Å². The summed E-state index contributed by atoms with van der Waals surface area (Å²) in [5, 5.41) is 7.10. The van der Waals surface area contributed by atoms with E-state index in [0.717, 1.165) is 5.56 Å². The number of pyridine rings is 1. The van der Waals surface area contributed by atoms with Crippen molar-refractivity contribution in [3.63, 3.8) is 0 Å². The molecule has 0 aliphatic rings. The zero-order valence-electron chi connectivity index (χ0n) is 14.7. The highest BCUT2D eigenvalue weighted by molar-refractivity contribution is 6.42. The first-order chi connectivity index (χ1) is 12.5. The van der Waals surface area contributed by atoms with Gasteiger partial charge in [0.1, 0.15) is 0 Å². The lowest BCUT2D eigenvalue weighted by Gasteiger charge is -2.22. The van der Waals surface area contributed by atoms with Crippen molar-refractivity contribution in [1.82, 2.24) is 20.5 Å². The highest BCUT2D eigenvalue weighted by atomic mass is 35.5. The molecule has 1 aromatic carbocycles. The van der Waals surface area contributed by atoms with Crippen molar-refractivity contribution < 1.29 is 4.79 Å². The lowest BCUT2D eigenvalue weighted by atomic mass is 10.2. The molecule has 0 fully saturated rings. The second-order valence-electron chi connectivity index (χ2n) is 5.58. The number of hydrogen-bond acceptors (Lipinski definition) is 3. The van der Waals surface area contributed by atoms with Crippen LogP contribution in [0.1, 0.15) is 15.9 Å². The molecule has 6 nitrogen and oxygen atoms in total. The largest absolute Gasteiger partial charge is 0.354 e. The fourth-order valence-corrected chi connectivity index (χ4v) is 2.64. The van der Waals surface area contributed by atoms with E-state index in [1.807, 2.05) is 24.1 Å². The molecule has 0 aliphatic carbocycles. The second-order valence-corrected chi connectivity index (χ2v) is 6.39. The molecular formula is C18H21Cl2N5O. The van der Waals surface area contributed by atoms with Gasteiger partial charge in [-0.05, 0) is 29.8 Å². The maximum Gasteiger partial charge on any atom is 0.252 e. The van der Waals surface area contributed by atoms with Gasteiger partial charge < -0.3 is 15.5 Å². The van der Waals surface area contributed by atoms with Crippen LogP contribution in [0.15, 0.2) is 47.7 Å². The molecule has 0 aliphatic heterocycles. The summed E-state index contributed by atoms with van der Waals surface area (Å²) >= 11 is 12.0. The number of benzene rings is 1. The van der Waals surface area contributed by atoms with Crippen molar-refractivity contribution in [2.24, 2.45) is 4.99 Å². The van der Waals surface area contributed by atoms with Crippen LogP contribution >= 0.6 is 23.2 Å². The van der Waals surface area contributed by atoms with Gasteiger partial charge in [0.15, 0.2) is 5.96 Å². The molecule has 1 aromatic heterocycles. The summed E-state index contributed by atoms with van der Waals surface area (Å²) in [5.41, 5.74) is 1.56. The molecule has 138 valence electrons. The molecule has 1 heterocycles. The summed E-state index contributed by atoms with van der Waals surface area (Å²) in [6.45, 7) is 1.64. The van der Waals surface area contributed by atoms with Gasteiger partial charge in [-0.2, -0.15) is 0 Å². The van der Waals surface area contributed by atoms with Crippen molar-refractivity contribution >= 4 is 35.1 Å². The summed E-state index contributed by atoms with van der Waals surface area (Å²) in [7, 11) is 3.63. The van der Waals surface area contributed by atoms with Crippen LogP contribution in [-0.2, 0) is 6.54 Å². The van der Waals surface area contributed by atoms with E-state index in [9.17, 15) is 4.79 Å². The van der Waals surface area contributed by atoms with E-state index >= 15 is 0 Å². The lowest BCUT2D eigenvalue weighted by molar-refractivity contribution is 0.0954. The van der Waals surface area contributed by atoms with E-state index in [1.165, 1.54) is 6.20 Å². The third-order valence-electron chi connectivity index (χ3n) is 3.59. The number of halogens is 2. The molecule has 0 unspecified atom stereocenters. The Labute approximate surface area is 163 Å². The molecule has 0 radical (unpaired) electrons.